The van der Waals surface area contributed by atoms with Crippen molar-refractivity contribution in [2.24, 2.45) is 0 Å². The highest BCUT2D eigenvalue weighted by molar-refractivity contribution is 6.07. The molecule has 2 saturated heterocycles. The van der Waals surface area contributed by atoms with Crippen molar-refractivity contribution >= 4 is 11.9 Å². The zero-order valence-corrected chi connectivity index (χ0v) is 16.1. The molecule has 2 atom stereocenters. The van der Waals surface area contributed by atoms with E-state index < -0.39 is 23.6 Å². The van der Waals surface area contributed by atoms with Gasteiger partial charge in [-0.05, 0) is 35.0 Å². The number of β-amino-alcohol motifs (C(OH)–C–C–N with tert-alkyl or cyclic N) is 1. The maximum atomic E-state index is 13.1. The van der Waals surface area contributed by atoms with Gasteiger partial charge in [0.2, 0.25) is 0 Å². The minimum absolute atomic E-state index is 0.0652. The summed E-state index contributed by atoms with van der Waals surface area (Å²) < 4.78 is 6.77. The van der Waals surface area contributed by atoms with E-state index in [0.717, 1.165) is 18.0 Å². The van der Waals surface area contributed by atoms with E-state index in [1.165, 1.54) is 11.0 Å². The molecular formula is C18H23N7O4. The second-order valence-corrected chi connectivity index (χ2v) is 7.34. The van der Waals surface area contributed by atoms with Gasteiger partial charge >= 0.3 is 6.03 Å². The van der Waals surface area contributed by atoms with E-state index in [0.29, 0.717) is 31.0 Å². The Morgan fingerprint density at radius 2 is 2.07 bits per heavy atom. The Morgan fingerprint density at radius 3 is 2.79 bits per heavy atom. The van der Waals surface area contributed by atoms with Crippen LogP contribution in [0.25, 0.3) is 5.69 Å². The highest BCUT2D eigenvalue weighted by Crippen LogP contribution is 2.30. The first-order valence-electron chi connectivity index (χ1n) is 9.43. The van der Waals surface area contributed by atoms with E-state index in [9.17, 15) is 14.7 Å². The van der Waals surface area contributed by atoms with Crippen LogP contribution in [0.1, 0.15) is 12.5 Å². The van der Waals surface area contributed by atoms with Crippen molar-refractivity contribution in [1.82, 2.24) is 35.3 Å². The number of imide groups is 1. The molecule has 154 valence electrons. The second-order valence-electron chi connectivity index (χ2n) is 7.34. The number of nitrogens with zero attached hydrogens (tertiary/aromatic N) is 6. The number of hydrogen-bond acceptors (Lipinski definition) is 8. The fourth-order valence-electron chi connectivity index (χ4n) is 3.65. The molecule has 2 N–H and O–H groups in total. The molecule has 2 unspecified atom stereocenters. The number of aliphatic hydroxyl groups is 1. The van der Waals surface area contributed by atoms with E-state index in [2.05, 4.69) is 25.7 Å². The van der Waals surface area contributed by atoms with Gasteiger partial charge in [0.25, 0.3) is 5.91 Å². The number of carbonyl (C=O) groups excluding carboxylic acids is 2. The summed E-state index contributed by atoms with van der Waals surface area (Å²) in [5.74, 6) is -0.405. The summed E-state index contributed by atoms with van der Waals surface area (Å²) in [6.07, 6.45) is 0.614. The minimum atomic E-state index is -1.24. The lowest BCUT2D eigenvalue weighted by molar-refractivity contribution is -0.132. The minimum Gasteiger partial charge on any atom is -0.390 e. The summed E-state index contributed by atoms with van der Waals surface area (Å²) in [7, 11) is 0. The molecule has 29 heavy (non-hydrogen) atoms. The monoisotopic (exact) mass is 401 g/mol. The quantitative estimate of drug-likeness (QED) is 0.598. The maximum Gasteiger partial charge on any atom is 0.325 e. The van der Waals surface area contributed by atoms with Crippen LogP contribution in [-0.2, 0) is 15.1 Å². The molecule has 0 radical (unpaired) electrons. The Balaban J connectivity index is 1.49. The van der Waals surface area contributed by atoms with Gasteiger partial charge in [-0.1, -0.05) is 12.1 Å². The Kier molecular flexibility index (Phi) is 5.26. The normalized spacial score (nSPS) is 24.0. The van der Waals surface area contributed by atoms with Crippen molar-refractivity contribution in [2.75, 3.05) is 39.4 Å². The fourth-order valence-corrected chi connectivity index (χ4v) is 3.65. The molecule has 2 fully saturated rings. The highest BCUT2D eigenvalue weighted by atomic mass is 16.5. The number of carbonyl (C=O) groups is 2. The van der Waals surface area contributed by atoms with Gasteiger partial charge in [-0.15, -0.1) is 5.10 Å². The third-order valence-electron chi connectivity index (χ3n) is 5.28. The number of aromatic nitrogens is 4. The number of benzene rings is 1. The van der Waals surface area contributed by atoms with E-state index >= 15 is 0 Å². The number of rotatable bonds is 6. The van der Waals surface area contributed by atoms with Gasteiger partial charge in [-0.3, -0.25) is 14.6 Å². The number of nitrogens with one attached hydrogen (secondary N) is 1. The molecule has 3 amide bonds. The molecule has 0 spiro atoms. The SMILES string of the molecule is CC1(c2cccc(-n3cnnn3)c2)NC(=O)N(CC(O)CN2CCOCC2)C1=O. The lowest BCUT2D eigenvalue weighted by Gasteiger charge is -2.29. The van der Waals surface area contributed by atoms with Crippen LogP contribution in [0.2, 0.25) is 0 Å². The second kappa shape index (κ2) is 7.85. The number of tetrazole rings is 1. The van der Waals surface area contributed by atoms with Crippen LogP contribution in [0.3, 0.4) is 0 Å². The van der Waals surface area contributed by atoms with Crippen LogP contribution < -0.4 is 5.32 Å². The summed E-state index contributed by atoms with van der Waals surface area (Å²) in [6.45, 7) is 4.64. The average molecular weight is 401 g/mol. The van der Waals surface area contributed by atoms with Crippen molar-refractivity contribution in [2.45, 2.75) is 18.6 Å². The molecule has 0 saturated carbocycles. The third kappa shape index (κ3) is 3.84. The van der Waals surface area contributed by atoms with Gasteiger partial charge in [0.15, 0.2) is 0 Å². The lowest BCUT2D eigenvalue weighted by Crippen LogP contribution is -2.46. The molecule has 2 aliphatic heterocycles. The molecule has 1 aromatic heterocycles. The molecule has 4 rings (SSSR count). The van der Waals surface area contributed by atoms with Crippen molar-refractivity contribution in [3.8, 4) is 5.69 Å². The van der Waals surface area contributed by atoms with Gasteiger partial charge in [0.1, 0.15) is 11.9 Å². The van der Waals surface area contributed by atoms with Crippen molar-refractivity contribution in [1.29, 1.82) is 0 Å². The first kappa shape index (κ1) is 19.4. The van der Waals surface area contributed by atoms with Gasteiger partial charge in [-0.25, -0.2) is 9.48 Å². The molecule has 3 heterocycles. The molecule has 1 aromatic carbocycles. The number of hydrogen-bond donors (Lipinski definition) is 2. The van der Waals surface area contributed by atoms with Gasteiger partial charge in [0, 0.05) is 19.6 Å². The maximum absolute atomic E-state index is 13.1. The lowest BCUT2D eigenvalue weighted by atomic mass is 9.91. The van der Waals surface area contributed by atoms with E-state index in [1.807, 2.05) is 0 Å². The fraction of sp³-hybridized carbons (Fsp3) is 0.500. The Labute approximate surface area is 167 Å². The predicted molar refractivity (Wildman–Crippen MR) is 100 cm³/mol. The highest BCUT2D eigenvalue weighted by Gasteiger charge is 2.49. The van der Waals surface area contributed by atoms with Crippen LogP contribution in [0.5, 0.6) is 0 Å². The van der Waals surface area contributed by atoms with Crippen LogP contribution >= 0.6 is 0 Å². The molecule has 2 aliphatic rings. The van der Waals surface area contributed by atoms with E-state index in [1.54, 1.807) is 31.2 Å². The number of morpholine rings is 1. The van der Waals surface area contributed by atoms with Crippen LogP contribution in [-0.4, -0.2) is 92.5 Å². The number of ether oxygens (including phenoxy) is 1. The van der Waals surface area contributed by atoms with Gasteiger partial charge in [-0.2, -0.15) is 0 Å². The Morgan fingerprint density at radius 1 is 1.28 bits per heavy atom. The zero-order valence-electron chi connectivity index (χ0n) is 16.1. The summed E-state index contributed by atoms with van der Waals surface area (Å²) in [5, 5.41) is 24.3. The summed E-state index contributed by atoms with van der Waals surface area (Å²) in [5.41, 5.74) is 0.0374. The van der Waals surface area contributed by atoms with Gasteiger partial charge < -0.3 is 15.2 Å². The van der Waals surface area contributed by atoms with Crippen LogP contribution in [0.4, 0.5) is 4.79 Å². The Bertz CT molecular complexity index is 884. The predicted octanol–water partition coefficient (Wildman–Crippen LogP) is -0.878. The summed E-state index contributed by atoms with van der Waals surface area (Å²) >= 11 is 0. The van der Waals surface area contributed by atoms with Crippen LogP contribution in [0, 0.1) is 0 Å². The molecule has 11 heteroatoms. The molecule has 2 aromatic rings. The third-order valence-corrected chi connectivity index (χ3v) is 5.28. The first-order chi connectivity index (χ1) is 14.0. The number of urea groups is 1. The van der Waals surface area contributed by atoms with Crippen molar-refractivity contribution < 1.29 is 19.4 Å². The molecular weight excluding hydrogens is 378 g/mol. The molecule has 0 bridgehead atoms. The Hall–Kier alpha value is -2.89. The number of aliphatic hydroxyl groups excluding tert-OH is 1. The smallest absolute Gasteiger partial charge is 0.325 e. The summed E-state index contributed by atoms with van der Waals surface area (Å²) in [6, 6.07) is 6.56. The van der Waals surface area contributed by atoms with E-state index in [4.69, 9.17) is 4.74 Å². The zero-order chi connectivity index (χ0) is 20.4. The van der Waals surface area contributed by atoms with Gasteiger partial charge in [0.05, 0.1) is 31.5 Å². The largest absolute Gasteiger partial charge is 0.390 e. The average Bonchev–Trinajstić information content (AvgIpc) is 3.33. The standard InChI is InChI=1S/C18H23N7O4/c1-18(13-3-2-4-14(9-13)25-12-19-21-22-25)16(27)24(17(28)20-18)11-15(26)10-23-5-7-29-8-6-23/h2-4,9,12,15,26H,5-8,10-11H2,1H3,(H,20,28). The first-order valence-corrected chi connectivity index (χ1v) is 9.43. The molecule has 11 nitrogen and oxygen atoms in total. The van der Waals surface area contributed by atoms with Crippen molar-refractivity contribution in [3.63, 3.8) is 0 Å². The van der Waals surface area contributed by atoms with E-state index in [-0.39, 0.29) is 6.54 Å². The number of amides is 3. The molecule has 0 aliphatic carbocycles. The van der Waals surface area contributed by atoms with Crippen molar-refractivity contribution in [3.05, 3.63) is 36.2 Å². The summed E-state index contributed by atoms with van der Waals surface area (Å²) in [4.78, 5) is 28.8. The topological polar surface area (TPSA) is 126 Å². The van der Waals surface area contributed by atoms with Crippen LogP contribution in [0.15, 0.2) is 30.6 Å².